The molecule has 9 nitrogen and oxygen atoms in total. The zero-order valence-electron chi connectivity index (χ0n) is 15.0. The molecule has 3 aliphatic heterocycles. The van der Waals surface area contributed by atoms with Gasteiger partial charge in [-0.3, -0.25) is 29.4 Å². The zero-order valence-corrected chi connectivity index (χ0v) is 15.0. The second-order valence-electron chi connectivity index (χ2n) is 7.20. The molecule has 10 heteroatoms. The number of methoxy groups -OCH3 is 1. The summed E-state index contributed by atoms with van der Waals surface area (Å²) in [6.07, 6.45) is -0.238. The fourth-order valence-electron chi connectivity index (χ4n) is 4.63. The van der Waals surface area contributed by atoms with Crippen molar-refractivity contribution in [2.75, 3.05) is 25.6 Å². The maximum Gasteiger partial charge on any atom is 0.250 e. The van der Waals surface area contributed by atoms with E-state index in [-0.39, 0.29) is 25.1 Å². The molecule has 0 bridgehead atoms. The molecule has 4 amide bonds. The first-order valence-electron chi connectivity index (χ1n) is 8.83. The van der Waals surface area contributed by atoms with E-state index in [4.69, 9.17) is 10.5 Å². The summed E-state index contributed by atoms with van der Waals surface area (Å²) in [6.45, 7) is 0.160. The molecule has 2 saturated heterocycles. The molecule has 28 heavy (non-hydrogen) atoms. The first-order chi connectivity index (χ1) is 13.3. The summed E-state index contributed by atoms with van der Waals surface area (Å²) in [5.74, 6) is -4.95. The Bertz CT molecular complexity index is 906. The van der Waals surface area contributed by atoms with Gasteiger partial charge in [-0.05, 0) is 18.2 Å². The van der Waals surface area contributed by atoms with Gasteiger partial charge >= 0.3 is 0 Å². The first-order valence-corrected chi connectivity index (χ1v) is 8.83. The van der Waals surface area contributed by atoms with Gasteiger partial charge in [-0.2, -0.15) is 0 Å². The van der Waals surface area contributed by atoms with Crippen LogP contribution in [0.3, 0.4) is 0 Å². The Morgan fingerprint density at radius 2 is 2.07 bits per heavy atom. The summed E-state index contributed by atoms with van der Waals surface area (Å²) in [7, 11) is 1.44. The van der Waals surface area contributed by atoms with Crippen molar-refractivity contribution >= 4 is 29.3 Å². The van der Waals surface area contributed by atoms with Crippen LogP contribution in [0, 0.1) is 17.7 Å². The van der Waals surface area contributed by atoms with Crippen LogP contribution in [0.25, 0.3) is 0 Å². The summed E-state index contributed by atoms with van der Waals surface area (Å²) < 4.78 is 18.9. The molecule has 0 aromatic heterocycles. The fourth-order valence-corrected chi connectivity index (χ4v) is 4.63. The van der Waals surface area contributed by atoms with E-state index in [1.165, 1.54) is 25.3 Å². The highest BCUT2D eigenvalue weighted by Gasteiger charge is 2.70. The Kier molecular flexibility index (Phi) is 4.20. The van der Waals surface area contributed by atoms with Crippen molar-refractivity contribution < 1.29 is 28.3 Å². The van der Waals surface area contributed by atoms with Gasteiger partial charge < -0.3 is 15.8 Å². The minimum Gasteiger partial charge on any atom is -0.383 e. The van der Waals surface area contributed by atoms with E-state index in [9.17, 15) is 23.6 Å². The number of primary amides is 1. The van der Waals surface area contributed by atoms with E-state index < -0.39 is 52.9 Å². The van der Waals surface area contributed by atoms with Crippen LogP contribution < -0.4 is 16.4 Å². The lowest BCUT2D eigenvalue weighted by atomic mass is 9.76. The topological polar surface area (TPSA) is 131 Å². The van der Waals surface area contributed by atoms with Crippen molar-refractivity contribution in [1.29, 1.82) is 0 Å². The number of imide groups is 1. The van der Waals surface area contributed by atoms with Crippen LogP contribution in [-0.4, -0.2) is 54.8 Å². The van der Waals surface area contributed by atoms with Crippen LogP contribution in [0.15, 0.2) is 18.2 Å². The van der Waals surface area contributed by atoms with Crippen molar-refractivity contribution in [2.24, 2.45) is 17.6 Å². The molecule has 4 rings (SSSR count). The first kappa shape index (κ1) is 18.5. The Morgan fingerprint density at radius 1 is 1.32 bits per heavy atom. The van der Waals surface area contributed by atoms with Crippen LogP contribution in [0.4, 0.5) is 10.1 Å². The normalized spacial score (nSPS) is 30.7. The molecule has 0 unspecified atom stereocenters. The van der Waals surface area contributed by atoms with Gasteiger partial charge in [0, 0.05) is 30.8 Å². The minimum atomic E-state index is -1.64. The molecule has 2 fully saturated rings. The van der Waals surface area contributed by atoms with E-state index in [2.05, 4.69) is 10.6 Å². The Morgan fingerprint density at radius 3 is 2.75 bits per heavy atom. The molecule has 0 saturated carbocycles. The highest BCUT2D eigenvalue weighted by Crippen LogP contribution is 2.53. The maximum absolute atomic E-state index is 14.0. The molecule has 1 aromatic carbocycles. The standard InChI is InChI=1S/C18H19FN4O5/c1-28-5-4-23-15(25)13-11(7-12(20)24)22-18(14(13)16(23)26)9-6-8(19)2-3-10(9)21-17(18)27/h2-3,6,11,13-14,22H,4-5,7H2,1H3,(H2,20,24)(H,21,27)/t11-,13+,14+,18+/m0/s1. The highest BCUT2D eigenvalue weighted by atomic mass is 19.1. The number of hydrogen-bond acceptors (Lipinski definition) is 6. The Labute approximate surface area is 159 Å². The summed E-state index contributed by atoms with van der Waals surface area (Å²) in [5, 5.41) is 5.64. The summed E-state index contributed by atoms with van der Waals surface area (Å²) in [4.78, 5) is 51.7. The molecule has 3 heterocycles. The lowest BCUT2D eigenvalue weighted by molar-refractivity contribution is -0.143. The maximum atomic E-state index is 14.0. The third-order valence-electron chi connectivity index (χ3n) is 5.71. The van der Waals surface area contributed by atoms with Gasteiger partial charge in [0.25, 0.3) is 0 Å². The quantitative estimate of drug-likeness (QED) is 0.557. The third-order valence-corrected chi connectivity index (χ3v) is 5.71. The minimum absolute atomic E-state index is 0.0260. The van der Waals surface area contributed by atoms with E-state index in [1.54, 1.807) is 0 Å². The van der Waals surface area contributed by atoms with Crippen molar-refractivity contribution in [3.8, 4) is 0 Å². The number of carbonyl (C=O) groups excluding carboxylic acids is 4. The largest absolute Gasteiger partial charge is 0.383 e. The third kappa shape index (κ3) is 2.38. The monoisotopic (exact) mass is 390 g/mol. The van der Waals surface area contributed by atoms with E-state index in [0.717, 1.165) is 4.90 Å². The molecule has 4 N–H and O–H groups in total. The number of carbonyl (C=O) groups is 4. The number of hydrogen-bond donors (Lipinski definition) is 3. The molecule has 148 valence electrons. The Balaban J connectivity index is 1.85. The predicted octanol–water partition coefficient (Wildman–Crippen LogP) is -0.932. The molecule has 0 aliphatic carbocycles. The number of fused-ring (bicyclic) bond motifs is 4. The van der Waals surface area contributed by atoms with Gasteiger partial charge in [-0.1, -0.05) is 0 Å². The van der Waals surface area contributed by atoms with Crippen LogP contribution in [-0.2, 0) is 29.5 Å². The van der Waals surface area contributed by atoms with Crippen LogP contribution in [0.5, 0.6) is 0 Å². The zero-order chi connectivity index (χ0) is 20.2. The van der Waals surface area contributed by atoms with Gasteiger partial charge in [0.1, 0.15) is 11.4 Å². The molecule has 1 spiro atoms. The number of likely N-dealkylation sites (tertiary alicyclic amines) is 1. The summed E-state index contributed by atoms with van der Waals surface area (Å²) >= 11 is 0. The molecule has 3 aliphatic rings. The Hall–Kier alpha value is -2.85. The van der Waals surface area contributed by atoms with Gasteiger partial charge in [0.05, 0.1) is 25.0 Å². The summed E-state index contributed by atoms with van der Waals surface area (Å²) in [5.41, 5.74) is 4.28. The van der Waals surface area contributed by atoms with Gasteiger partial charge in [0.15, 0.2) is 0 Å². The molecular formula is C18H19FN4O5. The van der Waals surface area contributed by atoms with E-state index in [0.29, 0.717) is 5.69 Å². The molecular weight excluding hydrogens is 371 g/mol. The molecule has 4 atom stereocenters. The smallest absolute Gasteiger partial charge is 0.250 e. The molecule has 1 aromatic rings. The van der Waals surface area contributed by atoms with E-state index in [1.807, 2.05) is 0 Å². The van der Waals surface area contributed by atoms with Crippen molar-refractivity contribution in [3.05, 3.63) is 29.6 Å². The lowest BCUT2D eigenvalue weighted by Crippen LogP contribution is -2.53. The van der Waals surface area contributed by atoms with Crippen molar-refractivity contribution in [1.82, 2.24) is 10.2 Å². The number of anilines is 1. The number of halogens is 1. The van der Waals surface area contributed by atoms with Crippen LogP contribution in [0.2, 0.25) is 0 Å². The molecule has 0 radical (unpaired) electrons. The second-order valence-corrected chi connectivity index (χ2v) is 7.20. The number of benzene rings is 1. The highest BCUT2D eigenvalue weighted by molar-refractivity contribution is 6.15. The second kappa shape index (κ2) is 6.35. The average molecular weight is 390 g/mol. The summed E-state index contributed by atoms with van der Waals surface area (Å²) in [6, 6.07) is 2.93. The number of rotatable bonds is 5. The van der Waals surface area contributed by atoms with Gasteiger partial charge in [-0.25, -0.2) is 4.39 Å². The number of nitrogens with zero attached hydrogens (tertiary/aromatic N) is 1. The number of ether oxygens (including phenoxy) is 1. The number of nitrogens with two attached hydrogens (primary N) is 1. The van der Waals surface area contributed by atoms with Gasteiger partial charge in [-0.15, -0.1) is 0 Å². The fraction of sp³-hybridized carbons (Fsp3) is 0.444. The number of nitrogens with one attached hydrogen (secondary N) is 2. The van der Waals surface area contributed by atoms with Crippen molar-refractivity contribution in [2.45, 2.75) is 18.0 Å². The van der Waals surface area contributed by atoms with Gasteiger partial charge in [0.2, 0.25) is 23.6 Å². The average Bonchev–Trinajstić information content (AvgIpc) is 3.19. The SMILES string of the molecule is COCCN1C(=O)[C@@H]2[C@H](CC(N)=O)N[C@@]3(C(=O)Nc4ccc(F)cc43)[C@H]2C1=O. The van der Waals surface area contributed by atoms with E-state index >= 15 is 0 Å². The van der Waals surface area contributed by atoms with Crippen LogP contribution in [0.1, 0.15) is 12.0 Å². The van der Waals surface area contributed by atoms with Crippen LogP contribution >= 0.6 is 0 Å². The lowest BCUT2D eigenvalue weighted by Gasteiger charge is -2.29. The number of amides is 4. The van der Waals surface area contributed by atoms with Crippen molar-refractivity contribution in [3.63, 3.8) is 0 Å². The predicted molar refractivity (Wildman–Crippen MR) is 93.0 cm³/mol.